The van der Waals surface area contributed by atoms with Gasteiger partial charge in [0.15, 0.2) is 0 Å². The van der Waals surface area contributed by atoms with Gasteiger partial charge in [0.05, 0.1) is 5.60 Å². The number of hydrogen-bond donors (Lipinski definition) is 2. The van der Waals surface area contributed by atoms with E-state index in [4.69, 9.17) is 0 Å². The van der Waals surface area contributed by atoms with Gasteiger partial charge < -0.3 is 15.3 Å². The number of piperidine rings is 1. The molecular weight excluding hydrogens is 224 g/mol. The van der Waals surface area contributed by atoms with Gasteiger partial charge in [-0.15, -0.1) is 0 Å². The van der Waals surface area contributed by atoms with E-state index in [1.54, 1.807) is 0 Å². The van der Waals surface area contributed by atoms with E-state index in [0.29, 0.717) is 0 Å². The predicted molar refractivity (Wildman–Crippen MR) is 76.0 cm³/mol. The Balaban J connectivity index is 2.26. The van der Waals surface area contributed by atoms with Crippen molar-refractivity contribution < 1.29 is 5.11 Å². The summed E-state index contributed by atoms with van der Waals surface area (Å²) in [6.07, 6.45) is 1.95. The first-order valence-corrected chi connectivity index (χ1v) is 6.73. The van der Waals surface area contributed by atoms with Crippen molar-refractivity contribution in [1.82, 2.24) is 5.32 Å². The van der Waals surface area contributed by atoms with Gasteiger partial charge in [-0.2, -0.15) is 0 Å². The lowest BCUT2D eigenvalue weighted by Crippen LogP contribution is -2.46. The molecule has 1 aliphatic heterocycles. The van der Waals surface area contributed by atoms with Gasteiger partial charge in [0.2, 0.25) is 0 Å². The van der Waals surface area contributed by atoms with Crippen LogP contribution in [0.1, 0.15) is 30.9 Å². The van der Waals surface area contributed by atoms with Gasteiger partial charge in [0.1, 0.15) is 0 Å². The summed E-state index contributed by atoms with van der Waals surface area (Å²) in [4.78, 5) is 2.32. The zero-order chi connectivity index (χ0) is 13.2. The maximum absolute atomic E-state index is 10.2. The van der Waals surface area contributed by atoms with E-state index in [1.807, 2.05) is 14.0 Å². The monoisotopic (exact) mass is 248 g/mol. The zero-order valence-corrected chi connectivity index (χ0v) is 11.7. The number of hydrogen-bond acceptors (Lipinski definition) is 3. The number of nitrogens with one attached hydrogen (secondary N) is 1. The van der Waals surface area contributed by atoms with Crippen LogP contribution in [0.4, 0.5) is 5.69 Å². The quantitative estimate of drug-likeness (QED) is 0.859. The smallest absolute Gasteiger partial charge is 0.0794 e. The Labute approximate surface area is 110 Å². The van der Waals surface area contributed by atoms with Gasteiger partial charge in [-0.05, 0) is 45.4 Å². The van der Waals surface area contributed by atoms with E-state index in [-0.39, 0.29) is 0 Å². The van der Waals surface area contributed by atoms with Gasteiger partial charge in [-0.1, -0.05) is 17.7 Å². The Bertz CT molecular complexity index is 415. The average molecular weight is 248 g/mol. The van der Waals surface area contributed by atoms with E-state index in [2.05, 4.69) is 35.3 Å². The van der Waals surface area contributed by atoms with Crippen LogP contribution in [-0.4, -0.2) is 30.8 Å². The van der Waals surface area contributed by atoms with Gasteiger partial charge in [0, 0.05) is 25.3 Å². The third-order valence-electron chi connectivity index (χ3n) is 3.62. The molecule has 1 saturated heterocycles. The van der Waals surface area contributed by atoms with Crippen LogP contribution in [0.25, 0.3) is 0 Å². The van der Waals surface area contributed by atoms with E-state index in [9.17, 15) is 5.11 Å². The molecule has 2 N–H and O–H groups in total. The summed E-state index contributed by atoms with van der Waals surface area (Å²) >= 11 is 0. The molecule has 1 aliphatic rings. The van der Waals surface area contributed by atoms with Crippen molar-refractivity contribution in [3.05, 3.63) is 29.3 Å². The minimum atomic E-state index is -0.556. The molecule has 1 unspecified atom stereocenters. The topological polar surface area (TPSA) is 35.5 Å². The Hall–Kier alpha value is -1.06. The highest BCUT2D eigenvalue weighted by Gasteiger charge is 2.29. The molecule has 0 spiro atoms. The molecule has 1 heterocycles. The summed E-state index contributed by atoms with van der Waals surface area (Å²) in [7, 11) is 1.97. The van der Waals surface area contributed by atoms with Gasteiger partial charge in [-0.3, -0.25) is 0 Å². The molecule has 0 saturated carbocycles. The second kappa shape index (κ2) is 5.29. The molecule has 0 aromatic heterocycles. The highest BCUT2D eigenvalue weighted by atomic mass is 16.3. The molecule has 1 aromatic carbocycles. The molecule has 3 heteroatoms. The fraction of sp³-hybridized carbons (Fsp3) is 0.600. The van der Waals surface area contributed by atoms with Crippen LogP contribution in [0.3, 0.4) is 0 Å². The van der Waals surface area contributed by atoms with E-state index in [0.717, 1.165) is 32.5 Å². The lowest BCUT2D eigenvalue weighted by atomic mass is 9.94. The first-order valence-electron chi connectivity index (χ1n) is 6.73. The lowest BCUT2D eigenvalue weighted by Gasteiger charge is -2.39. The molecule has 100 valence electrons. The van der Waals surface area contributed by atoms with Crippen LogP contribution >= 0.6 is 0 Å². The summed E-state index contributed by atoms with van der Waals surface area (Å²) in [6, 6.07) is 6.57. The Morgan fingerprint density at radius 2 is 2.22 bits per heavy atom. The number of aryl methyl sites for hydroxylation is 1. The fourth-order valence-electron chi connectivity index (χ4n) is 2.78. The maximum atomic E-state index is 10.2. The highest BCUT2D eigenvalue weighted by molar-refractivity contribution is 5.55. The van der Waals surface area contributed by atoms with Crippen molar-refractivity contribution >= 4 is 5.69 Å². The third-order valence-corrected chi connectivity index (χ3v) is 3.62. The average Bonchev–Trinajstić information content (AvgIpc) is 2.28. The normalized spacial score (nSPS) is 24.3. The molecule has 1 atom stereocenters. The number of rotatable bonds is 3. The zero-order valence-electron chi connectivity index (χ0n) is 11.7. The molecule has 0 amide bonds. The van der Waals surface area contributed by atoms with Crippen molar-refractivity contribution in [3.8, 4) is 0 Å². The van der Waals surface area contributed by atoms with Crippen molar-refractivity contribution in [1.29, 1.82) is 0 Å². The number of β-amino-alcohol motifs (C(OH)–C–C–N with tert-alkyl or cyclic N) is 1. The van der Waals surface area contributed by atoms with Crippen LogP contribution in [-0.2, 0) is 6.54 Å². The molecule has 1 aromatic rings. The molecule has 0 aliphatic carbocycles. The SMILES string of the molecule is CNCc1cc(C)ccc1N1CCCC(C)(O)C1. The van der Waals surface area contributed by atoms with Gasteiger partial charge in [-0.25, -0.2) is 0 Å². The standard InChI is InChI=1S/C15H24N2O/c1-12-5-6-14(13(9-12)10-16-3)17-8-4-7-15(2,18)11-17/h5-6,9,16,18H,4,7-8,10-11H2,1-3H3. The summed E-state index contributed by atoms with van der Waals surface area (Å²) in [6.45, 7) is 6.69. The molecular formula is C15H24N2O. The number of anilines is 1. The second-order valence-corrected chi connectivity index (χ2v) is 5.68. The Kier molecular flexibility index (Phi) is 3.93. The fourth-order valence-corrected chi connectivity index (χ4v) is 2.78. The van der Waals surface area contributed by atoms with Gasteiger partial charge in [0.25, 0.3) is 0 Å². The molecule has 3 nitrogen and oxygen atoms in total. The minimum Gasteiger partial charge on any atom is -0.388 e. The third kappa shape index (κ3) is 3.03. The van der Waals surface area contributed by atoms with Gasteiger partial charge >= 0.3 is 0 Å². The van der Waals surface area contributed by atoms with Crippen molar-refractivity contribution in [2.45, 2.75) is 38.8 Å². The largest absolute Gasteiger partial charge is 0.388 e. The summed E-state index contributed by atoms with van der Waals surface area (Å²) in [5.41, 5.74) is 3.30. The summed E-state index contributed by atoms with van der Waals surface area (Å²) in [5, 5.41) is 13.4. The summed E-state index contributed by atoms with van der Waals surface area (Å²) in [5.74, 6) is 0. The highest BCUT2D eigenvalue weighted by Crippen LogP contribution is 2.28. The Morgan fingerprint density at radius 1 is 1.44 bits per heavy atom. The molecule has 18 heavy (non-hydrogen) atoms. The van der Waals surface area contributed by atoms with E-state index >= 15 is 0 Å². The minimum absolute atomic E-state index is 0.556. The molecule has 0 bridgehead atoms. The number of nitrogens with zero attached hydrogens (tertiary/aromatic N) is 1. The van der Waals surface area contributed by atoms with Crippen LogP contribution in [0.2, 0.25) is 0 Å². The maximum Gasteiger partial charge on any atom is 0.0794 e. The molecule has 0 radical (unpaired) electrons. The second-order valence-electron chi connectivity index (χ2n) is 5.68. The van der Waals surface area contributed by atoms with Crippen LogP contribution in [0.15, 0.2) is 18.2 Å². The van der Waals surface area contributed by atoms with E-state index < -0.39 is 5.60 Å². The first kappa shape index (κ1) is 13.4. The van der Waals surface area contributed by atoms with Crippen molar-refractivity contribution in [2.75, 3.05) is 25.0 Å². The van der Waals surface area contributed by atoms with Crippen molar-refractivity contribution in [2.24, 2.45) is 0 Å². The number of benzene rings is 1. The van der Waals surface area contributed by atoms with Crippen LogP contribution in [0.5, 0.6) is 0 Å². The molecule has 2 rings (SSSR count). The van der Waals surface area contributed by atoms with E-state index in [1.165, 1.54) is 16.8 Å². The van der Waals surface area contributed by atoms with Crippen LogP contribution in [0, 0.1) is 6.92 Å². The summed E-state index contributed by atoms with van der Waals surface area (Å²) < 4.78 is 0. The van der Waals surface area contributed by atoms with Crippen molar-refractivity contribution in [3.63, 3.8) is 0 Å². The lowest BCUT2D eigenvalue weighted by molar-refractivity contribution is 0.0449. The molecule has 1 fully saturated rings. The first-order chi connectivity index (χ1) is 8.52. The number of aliphatic hydroxyl groups is 1. The predicted octanol–water partition coefficient (Wildman–Crippen LogP) is 2.07. The Morgan fingerprint density at radius 3 is 2.89 bits per heavy atom. The van der Waals surface area contributed by atoms with Crippen LogP contribution < -0.4 is 10.2 Å².